The van der Waals surface area contributed by atoms with E-state index in [1.54, 1.807) is 24.3 Å². The van der Waals surface area contributed by atoms with Gasteiger partial charge in [-0.3, -0.25) is 0 Å². The fourth-order valence-electron chi connectivity index (χ4n) is 1.67. The van der Waals surface area contributed by atoms with Gasteiger partial charge in [0.1, 0.15) is 30.1 Å². The Kier molecular flexibility index (Phi) is 5.36. The molecule has 0 fully saturated rings. The number of rotatable bonds is 6. The summed E-state index contributed by atoms with van der Waals surface area (Å²) in [4.78, 5) is 0. The van der Waals surface area contributed by atoms with Crippen molar-refractivity contribution in [1.29, 1.82) is 0 Å². The minimum absolute atomic E-state index is 0.000449. The molecule has 0 saturated carbocycles. The second kappa shape index (κ2) is 7.24. The zero-order valence-corrected chi connectivity index (χ0v) is 11.8. The normalized spacial score (nSPS) is 12.0. The van der Waals surface area contributed by atoms with Gasteiger partial charge in [-0.25, -0.2) is 8.78 Å². The first kappa shape index (κ1) is 15.5. The first-order chi connectivity index (χ1) is 10.1. The summed E-state index contributed by atoms with van der Waals surface area (Å²) in [6.07, 6.45) is -0.870. The molecule has 2 N–H and O–H groups in total. The number of nitrogens with one attached hydrogen (secondary N) is 1. The van der Waals surface area contributed by atoms with Gasteiger partial charge in [0.15, 0.2) is 0 Å². The minimum Gasteiger partial charge on any atom is -0.489 e. The van der Waals surface area contributed by atoms with Crippen LogP contribution in [-0.4, -0.2) is 24.4 Å². The molecule has 2 rings (SSSR count). The van der Waals surface area contributed by atoms with Gasteiger partial charge in [-0.15, -0.1) is 0 Å². The van der Waals surface area contributed by atoms with E-state index < -0.39 is 17.7 Å². The van der Waals surface area contributed by atoms with Gasteiger partial charge in [0.2, 0.25) is 0 Å². The second-order valence-corrected chi connectivity index (χ2v) is 4.81. The highest BCUT2D eigenvalue weighted by Gasteiger charge is 2.09. The van der Waals surface area contributed by atoms with Crippen molar-refractivity contribution in [2.24, 2.45) is 0 Å². The van der Waals surface area contributed by atoms with Crippen molar-refractivity contribution in [2.75, 3.05) is 18.5 Å². The number of aliphatic hydroxyl groups is 1. The summed E-state index contributed by atoms with van der Waals surface area (Å²) < 4.78 is 31.5. The molecule has 0 radical (unpaired) electrons. The molecule has 0 spiro atoms. The average molecular weight is 314 g/mol. The van der Waals surface area contributed by atoms with Crippen LogP contribution in [0.15, 0.2) is 42.5 Å². The zero-order chi connectivity index (χ0) is 15.2. The number of benzene rings is 2. The van der Waals surface area contributed by atoms with Crippen molar-refractivity contribution in [3.8, 4) is 5.75 Å². The Balaban J connectivity index is 1.82. The van der Waals surface area contributed by atoms with E-state index >= 15 is 0 Å². The third kappa shape index (κ3) is 4.58. The van der Waals surface area contributed by atoms with Crippen LogP contribution < -0.4 is 10.1 Å². The Hall–Kier alpha value is -1.85. The highest BCUT2D eigenvalue weighted by Crippen LogP contribution is 2.23. The summed E-state index contributed by atoms with van der Waals surface area (Å²) in [7, 11) is 0. The molecule has 0 bridgehead atoms. The van der Waals surface area contributed by atoms with Crippen LogP contribution in [0.25, 0.3) is 0 Å². The van der Waals surface area contributed by atoms with E-state index in [0.29, 0.717) is 10.8 Å². The topological polar surface area (TPSA) is 41.5 Å². The van der Waals surface area contributed by atoms with E-state index in [4.69, 9.17) is 16.3 Å². The van der Waals surface area contributed by atoms with Crippen molar-refractivity contribution >= 4 is 17.3 Å². The lowest BCUT2D eigenvalue weighted by atomic mass is 10.2. The molecular formula is C15H14ClF2NO2. The van der Waals surface area contributed by atoms with Gasteiger partial charge in [-0.05, 0) is 24.3 Å². The third-order valence-corrected chi connectivity index (χ3v) is 3.04. The van der Waals surface area contributed by atoms with Crippen LogP contribution >= 0.6 is 11.6 Å². The van der Waals surface area contributed by atoms with E-state index in [1.807, 2.05) is 0 Å². The summed E-state index contributed by atoms with van der Waals surface area (Å²) in [6, 6.07) is 10.1. The van der Waals surface area contributed by atoms with Gasteiger partial charge in [0, 0.05) is 12.6 Å². The van der Waals surface area contributed by atoms with Crippen LogP contribution in [0.2, 0.25) is 5.02 Å². The quantitative estimate of drug-likeness (QED) is 0.858. The molecule has 0 saturated heterocycles. The summed E-state index contributed by atoms with van der Waals surface area (Å²) in [5, 5.41) is 12.9. The predicted octanol–water partition coefficient (Wildman–Crippen LogP) is 3.47. The maximum absolute atomic E-state index is 13.4. The van der Waals surface area contributed by atoms with E-state index in [2.05, 4.69) is 5.32 Å². The van der Waals surface area contributed by atoms with E-state index in [0.717, 1.165) is 12.1 Å². The third-order valence-electron chi connectivity index (χ3n) is 2.73. The Bertz CT molecular complexity index is 610. The number of ether oxygens (including phenoxy) is 1. The van der Waals surface area contributed by atoms with Crippen LogP contribution in [-0.2, 0) is 0 Å². The maximum Gasteiger partial charge on any atom is 0.149 e. The number of aliphatic hydroxyl groups excluding tert-OH is 1. The summed E-state index contributed by atoms with van der Waals surface area (Å²) in [5.74, 6) is -0.902. The van der Waals surface area contributed by atoms with Crippen LogP contribution in [0, 0.1) is 11.6 Å². The highest BCUT2D eigenvalue weighted by molar-refractivity contribution is 6.32. The first-order valence-electron chi connectivity index (χ1n) is 6.30. The number of para-hydroxylation sites is 1. The molecule has 1 unspecified atom stereocenters. The summed E-state index contributed by atoms with van der Waals surface area (Å²) in [5.41, 5.74) is 0.119. The molecule has 0 amide bonds. The molecule has 0 heterocycles. The molecule has 2 aromatic carbocycles. The van der Waals surface area contributed by atoms with Crippen LogP contribution in [0.1, 0.15) is 0 Å². The predicted molar refractivity (Wildman–Crippen MR) is 77.8 cm³/mol. The van der Waals surface area contributed by atoms with E-state index in [9.17, 15) is 13.9 Å². The second-order valence-electron chi connectivity index (χ2n) is 4.40. The van der Waals surface area contributed by atoms with Crippen LogP contribution in [0.4, 0.5) is 14.5 Å². The van der Waals surface area contributed by atoms with Gasteiger partial charge in [0.05, 0.1) is 10.7 Å². The monoisotopic (exact) mass is 313 g/mol. The first-order valence-corrected chi connectivity index (χ1v) is 6.68. The van der Waals surface area contributed by atoms with Crippen molar-refractivity contribution in [3.63, 3.8) is 0 Å². The molecule has 0 aromatic heterocycles. The molecule has 2 aromatic rings. The zero-order valence-electron chi connectivity index (χ0n) is 11.0. The lowest BCUT2D eigenvalue weighted by molar-refractivity contribution is 0.117. The Labute approximate surface area is 126 Å². The molecule has 0 aliphatic carbocycles. The number of anilines is 1. The molecule has 6 heteroatoms. The van der Waals surface area contributed by atoms with Gasteiger partial charge >= 0.3 is 0 Å². The summed E-state index contributed by atoms with van der Waals surface area (Å²) in [6.45, 7) is 0.0621. The standard InChI is InChI=1S/C15H14ClF2NO2/c16-12-3-1-2-4-15(12)21-9-11(20)8-19-14-6-5-10(17)7-13(14)18/h1-7,11,19-20H,8-9H2. The molecule has 0 aliphatic rings. The molecule has 1 atom stereocenters. The Morgan fingerprint density at radius 3 is 2.67 bits per heavy atom. The Morgan fingerprint density at radius 2 is 1.95 bits per heavy atom. The Morgan fingerprint density at radius 1 is 1.19 bits per heavy atom. The fourth-order valence-corrected chi connectivity index (χ4v) is 1.86. The van der Waals surface area contributed by atoms with Gasteiger partial charge < -0.3 is 15.2 Å². The molecular weight excluding hydrogens is 300 g/mol. The van der Waals surface area contributed by atoms with Gasteiger partial charge in [0.25, 0.3) is 0 Å². The van der Waals surface area contributed by atoms with E-state index in [1.165, 1.54) is 6.07 Å². The maximum atomic E-state index is 13.4. The molecule has 0 aliphatic heterocycles. The number of halogens is 3. The highest BCUT2D eigenvalue weighted by atomic mass is 35.5. The van der Waals surface area contributed by atoms with Crippen LogP contribution in [0.3, 0.4) is 0 Å². The van der Waals surface area contributed by atoms with Gasteiger partial charge in [-0.2, -0.15) is 0 Å². The van der Waals surface area contributed by atoms with Gasteiger partial charge in [-0.1, -0.05) is 23.7 Å². The van der Waals surface area contributed by atoms with Crippen molar-refractivity contribution in [3.05, 3.63) is 59.1 Å². The van der Waals surface area contributed by atoms with Crippen LogP contribution in [0.5, 0.6) is 5.75 Å². The molecule has 3 nitrogen and oxygen atoms in total. The van der Waals surface area contributed by atoms with Crippen molar-refractivity contribution in [1.82, 2.24) is 0 Å². The van der Waals surface area contributed by atoms with E-state index in [-0.39, 0.29) is 18.8 Å². The smallest absolute Gasteiger partial charge is 0.149 e. The molecule has 21 heavy (non-hydrogen) atoms. The lowest BCUT2D eigenvalue weighted by Gasteiger charge is -2.15. The van der Waals surface area contributed by atoms with Crippen molar-refractivity contribution < 1.29 is 18.6 Å². The van der Waals surface area contributed by atoms with Crippen molar-refractivity contribution in [2.45, 2.75) is 6.10 Å². The SMILES string of the molecule is OC(CNc1ccc(F)cc1F)COc1ccccc1Cl. The fraction of sp³-hybridized carbons (Fsp3) is 0.200. The number of hydrogen-bond donors (Lipinski definition) is 2. The largest absolute Gasteiger partial charge is 0.489 e. The minimum atomic E-state index is -0.870. The summed E-state index contributed by atoms with van der Waals surface area (Å²) >= 11 is 5.91. The molecule has 112 valence electrons. The average Bonchev–Trinajstić information content (AvgIpc) is 2.45. The number of hydrogen-bond acceptors (Lipinski definition) is 3. The lowest BCUT2D eigenvalue weighted by Crippen LogP contribution is -2.26.